The minimum absolute atomic E-state index is 0.0390. The molecular formula is C24H26ClN3O4S. The first-order chi connectivity index (χ1) is 16.0. The van der Waals surface area contributed by atoms with Crippen molar-refractivity contribution in [1.82, 2.24) is 14.8 Å². The summed E-state index contributed by atoms with van der Waals surface area (Å²) in [5.74, 6) is 1.86. The largest absolute Gasteiger partial charge is 0.493 e. The van der Waals surface area contributed by atoms with Gasteiger partial charge in [0.05, 0.1) is 21.3 Å². The quantitative estimate of drug-likeness (QED) is 0.490. The number of amides is 1. The maximum atomic E-state index is 13.0. The topological polar surface area (TPSA) is 64.1 Å². The highest BCUT2D eigenvalue weighted by Crippen LogP contribution is 2.40. The number of piperazine rings is 1. The van der Waals surface area contributed by atoms with Crippen molar-refractivity contribution in [3.05, 3.63) is 58.1 Å². The lowest BCUT2D eigenvalue weighted by molar-refractivity contribution is 0.0622. The van der Waals surface area contributed by atoms with E-state index in [1.165, 1.54) is 11.3 Å². The van der Waals surface area contributed by atoms with Gasteiger partial charge in [0.15, 0.2) is 11.5 Å². The highest BCUT2D eigenvalue weighted by molar-refractivity contribution is 7.13. The fourth-order valence-electron chi connectivity index (χ4n) is 3.93. The van der Waals surface area contributed by atoms with E-state index in [4.69, 9.17) is 25.8 Å². The highest BCUT2D eigenvalue weighted by atomic mass is 35.5. The van der Waals surface area contributed by atoms with Crippen LogP contribution < -0.4 is 14.2 Å². The Morgan fingerprint density at radius 3 is 2.45 bits per heavy atom. The van der Waals surface area contributed by atoms with Gasteiger partial charge in [-0.2, -0.15) is 0 Å². The van der Waals surface area contributed by atoms with Gasteiger partial charge in [0.25, 0.3) is 5.91 Å². The Kier molecular flexibility index (Phi) is 7.37. The van der Waals surface area contributed by atoms with Gasteiger partial charge < -0.3 is 19.1 Å². The molecule has 0 spiro atoms. The number of thiazole rings is 1. The van der Waals surface area contributed by atoms with Gasteiger partial charge in [-0.05, 0) is 18.2 Å². The van der Waals surface area contributed by atoms with E-state index >= 15 is 0 Å². The molecule has 0 aliphatic carbocycles. The van der Waals surface area contributed by atoms with Crippen molar-refractivity contribution in [1.29, 1.82) is 0 Å². The molecule has 0 N–H and O–H groups in total. The molecule has 9 heteroatoms. The zero-order chi connectivity index (χ0) is 23.4. The van der Waals surface area contributed by atoms with Gasteiger partial charge in [0, 0.05) is 54.3 Å². The van der Waals surface area contributed by atoms with Crippen LogP contribution >= 0.6 is 22.9 Å². The fourth-order valence-corrected chi connectivity index (χ4v) is 4.91. The molecule has 0 bridgehead atoms. The zero-order valence-corrected chi connectivity index (χ0v) is 20.4. The first-order valence-corrected chi connectivity index (χ1v) is 11.8. The van der Waals surface area contributed by atoms with Crippen LogP contribution in [0.4, 0.5) is 0 Å². The number of hydrogen-bond donors (Lipinski definition) is 0. The van der Waals surface area contributed by atoms with Crippen LogP contribution in [0, 0.1) is 0 Å². The smallest absolute Gasteiger partial charge is 0.273 e. The monoisotopic (exact) mass is 487 g/mol. The number of hydrogen-bond acceptors (Lipinski definition) is 7. The molecule has 0 saturated carbocycles. The fraction of sp³-hybridized carbons (Fsp3) is 0.333. The van der Waals surface area contributed by atoms with Crippen molar-refractivity contribution in [2.24, 2.45) is 0 Å². The average molecular weight is 488 g/mol. The van der Waals surface area contributed by atoms with E-state index < -0.39 is 0 Å². The normalized spacial score (nSPS) is 14.2. The number of ether oxygens (including phenoxy) is 3. The third-order valence-electron chi connectivity index (χ3n) is 5.63. The number of aromatic nitrogens is 1. The Labute approximate surface area is 202 Å². The number of carbonyl (C=O) groups is 1. The van der Waals surface area contributed by atoms with Crippen LogP contribution in [-0.2, 0) is 6.54 Å². The van der Waals surface area contributed by atoms with E-state index in [2.05, 4.69) is 9.88 Å². The summed E-state index contributed by atoms with van der Waals surface area (Å²) in [6.45, 7) is 3.49. The molecule has 174 valence electrons. The number of nitrogens with zero attached hydrogens (tertiary/aromatic N) is 3. The molecule has 7 nitrogen and oxygen atoms in total. The lowest BCUT2D eigenvalue weighted by Crippen LogP contribution is -2.48. The molecule has 1 fully saturated rings. The maximum absolute atomic E-state index is 13.0. The van der Waals surface area contributed by atoms with Gasteiger partial charge in [-0.15, -0.1) is 11.3 Å². The van der Waals surface area contributed by atoms with Crippen LogP contribution in [0.15, 0.2) is 41.8 Å². The van der Waals surface area contributed by atoms with Crippen LogP contribution in [0.5, 0.6) is 17.2 Å². The maximum Gasteiger partial charge on any atom is 0.273 e. The zero-order valence-electron chi connectivity index (χ0n) is 18.8. The third kappa shape index (κ3) is 5.08. The van der Waals surface area contributed by atoms with Gasteiger partial charge in [0.1, 0.15) is 10.7 Å². The second-order valence-electron chi connectivity index (χ2n) is 7.61. The van der Waals surface area contributed by atoms with Crippen LogP contribution in [0.25, 0.3) is 10.6 Å². The van der Waals surface area contributed by atoms with Gasteiger partial charge >= 0.3 is 0 Å². The van der Waals surface area contributed by atoms with Crippen molar-refractivity contribution in [3.8, 4) is 27.8 Å². The van der Waals surface area contributed by atoms with Crippen molar-refractivity contribution in [2.75, 3.05) is 47.5 Å². The van der Waals surface area contributed by atoms with Crippen molar-refractivity contribution in [2.45, 2.75) is 6.54 Å². The minimum Gasteiger partial charge on any atom is -0.493 e. The molecule has 1 aliphatic rings. The van der Waals surface area contributed by atoms with Crippen molar-refractivity contribution in [3.63, 3.8) is 0 Å². The Hall–Kier alpha value is -2.81. The third-order valence-corrected chi connectivity index (χ3v) is 6.76. The van der Waals surface area contributed by atoms with Gasteiger partial charge in [-0.1, -0.05) is 29.8 Å². The Bertz CT molecular complexity index is 1130. The van der Waals surface area contributed by atoms with Crippen LogP contribution in [-0.4, -0.2) is 68.2 Å². The standard InChI is InChI=1S/C24H26ClN3O4S/c1-30-20-8-7-17(21(31-2)22(20)32-3)14-27-9-11-28(12-10-27)24(29)19-15-33-23(26-19)16-5-4-6-18(25)13-16/h4-8,13,15H,9-12,14H2,1-3H3. The summed E-state index contributed by atoms with van der Waals surface area (Å²) in [5, 5.41) is 3.26. The number of carbonyl (C=O) groups excluding carboxylic acids is 1. The molecule has 33 heavy (non-hydrogen) atoms. The Morgan fingerprint density at radius 2 is 1.79 bits per heavy atom. The van der Waals surface area contributed by atoms with Crippen LogP contribution in [0.2, 0.25) is 5.02 Å². The second kappa shape index (κ2) is 10.4. The van der Waals surface area contributed by atoms with E-state index in [0.29, 0.717) is 47.6 Å². The predicted octanol–water partition coefficient (Wildman–Crippen LogP) is 4.45. The molecule has 2 heterocycles. The highest BCUT2D eigenvalue weighted by Gasteiger charge is 2.25. The van der Waals surface area contributed by atoms with Crippen LogP contribution in [0.3, 0.4) is 0 Å². The molecular weight excluding hydrogens is 462 g/mol. The summed E-state index contributed by atoms with van der Waals surface area (Å²) in [7, 11) is 4.83. The van der Waals surface area contributed by atoms with Gasteiger partial charge in [-0.25, -0.2) is 4.98 Å². The minimum atomic E-state index is -0.0390. The first kappa shape index (κ1) is 23.4. The van der Waals surface area contributed by atoms with E-state index in [9.17, 15) is 4.79 Å². The molecule has 0 radical (unpaired) electrons. The van der Waals surface area contributed by atoms with Crippen LogP contribution in [0.1, 0.15) is 16.1 Å². The van der Waals surface area contributed by atoms with Gasteiger partial charge in [-0.3, -0.25) is 9.69 Å². The molecule has 1 aromatic heterocycles. The summed E-state index contributed by atoms with van der Waals surface area (Å²) in [6.07, 6.45) is 0. The number of benzene rings is 2. The van der Waals surface area contributed by atoms with Gasteiger partial charge in [0.2, 0.25) is 5.75 Å². The number of methoxy groups -OCH3 is 3. The molecule has 1 saturated heterocycles. The second-order valence-corrected chi connectivity index (χ2v) is 8.90. The Balaban J connectivity index is 1.39. The summed E-state index contributed by atoms with van der Waals surface area (Å²) >= 11 is 7.54. The SMILES string of the molecule is COc1ccc(CN2CCN(C(=O)c3csc(-c4cccc(Cl)c4)n3)CC2)c(OC)c1OC. The first-order valence-electron chi connectivity index (χ1n) is 10.5. The lowest BCUT2D eigenvalue weighted by Gasteiger charge is -2.34. The predicted molar refractivity (Wildman–Crippen MR) is 130 cm³/mol. The molecule has 2 aromatic carbocycles. The molecule has 0 atom stereocenters. The molecule has 0 unspecified atom stereocenters. The van der Waals surface area contributed by atoms with E-state index in [1.54, 1.807) is 21.3 Å². The van der Waals surface area contributed by atoms with E-state index in [-0.39, 0.29) is 5.91 Å². The summed E-state index contributed by atoms with van der Waals surface area (Å²) in [4.78, 5) is 21.7. The van der Waals surface area contributed by atoms with Crippen molar-refractivity contribution < 1.29 is 19.0 Å². The van der Waals surface area contributed by atoms with Crippen molar-refractivity contribution >= 4 is 28.8 Å². The van der Waals surface area contributed by atoms with E-state index in [0.717, 1.165) is 29.2 Å². The Morgan fingerprint density at radius 1 is 1.03 bits per heavy atom. The number of rotatable bonds is 7. The molecule has 3 aromatic rings. The summed E-state index contributed by atoms with van der Waals surface area (Å²) in [5.41, 5.74) is 2.41. The lowest BCUT2D eigenvalue weighted by atomic mass is 10.1. The summed E-state index contributed by atoms with van der Waals surface area (Å²) < 4.78 is 16.5. The molecule has 1 amide bonds. The average Bonchev–Trinajstić information content (AvgIpc) is 3.34. The molecule has 4 rings (SSSR count). The number of halogens is 1. The summed E-state index contributed by atoms with van der Waals surface area (Å²) in [6, 6.07) is 11.4. The van der Waals surface area contributed by atoms with E-state index in [1.807, 2.05) is 46.7 Å². The molecule has 1 aliphatic heterocycles.